The maximum Gasteiger partial charge on any atom is 0.410 e. The molecule has 3 rings (SSSR count). The standard InChI is InChI=1S/C21H27BrF2N2O5S/c1-13(12-31-21(28)26-9-8-25-19(27)11-26)20(17-10-15(23)4-7-18(17)24)32(29,30)16-5-2-14(22)3-6-16/h4,7,10,13-14,16,20H,2-3,5-6,8-9,11-12H2,1H3,(H,25,27). The maximum absolute atomic E-state index is 14.7. The zero-order chi connectivity index (χ0) is 23.5. The number of halogens is 3. The Hall–Kier alpha value is -1.75. The van der Waals surface area contributed by atoms with E-state index in [-0.39, 0.29) is 36.0 Å². The van der Waals surface area contributed by atoms with Crippen LogP contribution < -0.4 is 5.32 Å². The van der Waals surface area contributed by atoms with Gasteiger partial charge in [-0.05, 0) is 43.9 Å². The number of carbonyl (C=O) groups is 2. The minimum atomic E-state index is -3.92. The van der Waals surface area contributed by atoms with E-state index in [0.717, 1.165) is 18.2 Å². The van der Waals surface area contributed by atoms with Crippen LogP contribution in [0.1, 0.15) is 43.4 Å². The first-order valence-electron chi connectivity index (χ1n) is 10.6. The highest BCUT2D eigenvalue weighted by molar-refractivity contribution is 9.09. The number of alkyl halides is 1. The first-order chi connectivity index (χ1) is 15.1. The van der Waals surface area contributed by atoms with Crippen LogP contribution in [0.5, 0.6) is 0 Å². The lowest BCUT2D eigenvalue weighted by molar-refractivity contribution is -0.123. The second-order valence-electron chi connectivity index (χ2n) is 8.38. The fraction of sp³-hybridized carbons (Fsp3) is 0.619. The maximum atomic E-state index is 14.7. The normalized spacial score (nSPS) is 23.9. The summed E-state index contributed by atoms with van der Waals surface area (Å²) >= 11 is 3.50. The molecule has 2 unspecified atom stereocenters. The van der Waals surface area contributed by atoms with Crippen molar-refractivity contribution >= 4 is 37.8 Å². The second kappa shape index (κ2) is 10.5. The summed E-state index contributed by atoms with van der Waals surface area (Å²) < 4.78 is 61.1. The average molecular weight is 537 g/mol. The SMILES string of the molecule is CC(COC(=O)N1CCNC(=O)C1)C(c1cc(F)ccc1F)S(=O)(=O)C1CCC(Br)CC1. The Morgan fingerprint density at radius 1 is 1.28 bits per heavy atom. The van der Waals surface area contributed by atoms with E-state index in [1.54, 1.807) is 6.92 Å². The van der Waals surface area contributed by atoms with E-state index < -0.39 is 44.0 Å². The molecule has 0 bridgehead atoms. The van der Waals surface area contributed by atoms with Crippen LogP contribution in [0.25, 0.3) is 0 Å². The van der Waals surface area contributed by atoms with Crippen molar-refractivity contribution in [1.82, 2.24) is 10.2 Å². The van der Waals surface area contributed by atoms with Crippen molar-refractivity contribution in [2.45, 2.75) is 47.9 Å². The Balaban J connectivity index is 1.82. The smallest absolute Gasteiger partial charge is 0.410 e. The lowest BCUT2D eigenvalue weighted by atomic mass is 9.99. The molecule has 7 nitrogen and oxygen atoms in total. The van der Waals surface area contributed by atoms with Gasteiger partial charge < -0.3 is 10.1 Å². The van der Waals surface area contributed by atoms with Gasteiger partial charge in [-0.15, -0.1) is 0 Å². The molecule has 1 aliphatic heterocycles. The fourth-order valence-corrected chi connectivity index (χ4v) is 7.41. The van der Waals surface area contributed by atoms with Crippen LogP contribution in [0, 0.1) is 17.6 Å². The van der Waals surface area contributed by atoms with Crippen LogP contribution in [0.4, 0.5) is 13.6 Å². The molecule has 2 aliphatic rings. The van der Waals surface area contributed by atoms with E-state index >= 15 is 0 Å². The molecule has 32 heavy (non-hydrogen) atoms. The van der Waals surface area contributed by atoms with Crippen LogP contribution >= 0.6 is 15.9 Å². The summed E-state index contributed by atoms with van der Waals surface area (Å²) in [6.07, 6.45) is 1.43. The molecule has 1 heterocycles. The zero-order valence-electron chi connectivity index (χ0n) is 17.7. The van der Waals surface area contributed by atoms with Gasteiger partial charge in [-0.25, -0.2) is 22.0 Å². The predicted octanol–water partition coefficient (Wildman–Crippen LogP) is 3.33. The largest absolute Gasteiger partial charge is 0.449 e. The molecule has 1 aliphatic carbocycles. The third kappa shape index (κ3) is 5.78. The van der Waals surface area contributed by atoms with Gasteiger partial charge in [0.2, 0.25) is 5.91 Å². The van der Waals surface area contributed by atoms with E-state index in [2.05, 4.69) is 21.2 Å². The number of sulfone groups is 1. The quantitative estimate of drug-likeness (QED) is 0.563. The molecule has 1 N–H and O–H groups in total. The van der Waals surface area contributed by atoms with Gasteiger partial charge in [0, 0.05) is 29.4 Å². The van der Waals surface area contributed by atoms with Crippen molar-refractivity contribution in [2.75, 3.05) is 26.2 Å². The molecule has 1 saturated heterocycles. The third-order valence-corrected chi connectivity index (χ3v) is 9.71. The number of rotatable bonds is 6. The Morgan fingerprint density at radius 3 is 2.62 bits per heavy atom. The summed E-state index contributed by atoms with van der Waals surface area (Å²) in [7, 11) is -3.92. The monoisotopic (exact) mass is 536 g/mol. The first-order valence-corrected chi connectivity index (χ1v) is 13.1. The molecule has 2 amide bonds. The topological polar surface area (TPSA) is 92.8 Å². The van der Waals surface area contributed by atoms with E-state index in [9.17, 15) is 26.8 Å². The number of nitrogens with one attached hydrogen (secondary N) is 1. The summed E-state index contributed by atoms with van der Waals surface area (Å²) in [6, 6.07) is 2.75. The minimum Gasteiger partial charge on any atom is -0.449 e. The highest BCUT2D eigenvalue weighted by Gasteiger charge is 2.42. The van der Waals surface area contributed by atoms with Gasteiger partial charge in [0.15, 0.2) is 9.84 Å². The molecule has 1 saturated carbocycles. The van der Waals surface area contributed by atoms with Gasteiger partial charge in [-0.2, -0.15) is 0 Å². The second-order valence-corrected chi connectivity index (χ2v) is 12.0. The third-order valence-electron chi connectivity index (χ3n) is 5.97. The molecule has 0 aromatic heterocycles. The van der Waals surface area contributed by atoms with Gasteiger partial charge in [-0.1, -0.05) is 22.9 Å². The van der Waals surface area contributed by atoms with Crippen molar-refractivity contribution in [1.29, 1.82) is 0 Å². The fourth-order valence-electron chi connectivity index (χ4n) is 4.27. The minimum absolute atomic E-state index is 0.150. The number of hydrogen-bond acceptors (Lipinski definition) is 5. The van der Waals surface area contributed by atoms with Crippen molar-refractivity contribution in [2.24, 2.45) is 5.92 Å². The van der Waals surface area contributed by atoms with Gasteiger partial charge in [0.05, 0.1) is 17.1 Å². The summed E-state index contributed by atoms with van der Waals surface area (Å²) in [4.78, 5) is 25.3. The summed E-state index contributed by atoms with van der Waals surface area (Å²) in [5, 5.41) is 0.539. The van der Waals surface area contributed by atoms with Crippen molar-refractivity contribution in [3.8, 4) is 0 Å². The van der Waals surface area contributed by atoms with E-state index in [1.807, 2.05) is 0 Å². The Labute approximate surface area is 194 Å². The number of hydrogen-bond donors (Lipinski definition) is 1. The van der Waals surface area contributed by atoms with E-state index in [0.29, 0.717) is 32.2 Å². The van der Waals surface area contributed by atoms with Crippen LogP contribution in [0.2, 0.25) is 0 Å². The highest BCUT2D eigenvalue weighted by atomic mass is 79.9. The summed E-state index contributed by atoms with van der Waals surface area (Å²) in [5.74, 6) is -2.71. The Kier molecular flexibility index (Phi) is 8.13. The van der Waals surface area contributed by atoms with Gasteiger partial charge >= 0.3 is 6.09 Å². The summed E-state index contributed by atoms with van der Waals surface area (Å²) in [6.45, 7) is 1.65. The number of piperazine rings is 1. The molecule has 178 valence electrons. The van der Waals surface area contributed by atoms with Crippen LogP contribution in [0.15, 0.2) is 18.2 Å². The molecule has 0 spiro atoms. The summed E-state index contributed by atoms with van der Waals surface area (Å²) in [5.41, 5.74) is -0.258. The van der Waals surface area contributed by atoms with Crippen LogP contribution in [-0.4, -0.2) is 61.6 Å². The molecular weight excluding hydrogens is 510 g/mol. The number of nitrogens with zero attached hydrogens (tertiary/aromatic N) is 1. The van der Waals surface area contributed by atoms with E-state index in [1.165, 1.54) is 4.90 Å². The van der Waals surface area contributed by atoms with Gasteiger partial charge in [0.1, 0.15) is 18.2 Å². The molecule has 11 heteroatoms. The molecule has 0 radical (unpaired) electrons. The molecule has 2 atom stereocenters. The molecule has 1 aromatic rings. The van der Waals surface area contributed by atoms with E-state index in [4.69, 9.17) is 4.74 Å². The Morgan fingerprint density at radius 2 is 1.97 bits per heavy atom. The highest BCUT2D eigenvalue weighted by Crippen LogP contribution is 2.40. The number of amides is 2. The first kappa shape index (κ1) is 24.9. The predicted molar refractivity (Wildman–Crippen MR) is 118 cm³/mol. The lowest BCUT2D eigenvalue weighted by Crippen LogP contribution is -2.50. The average Bonchev–Trinajstić information content (AvgIpc) is 2.74. The molecule has 1 aromatic carbocycles. The van der Waals surface area contributed by atoms with Crippen molar-refractivity contribution in [3.63, 3.8) is 0 Å². The van der Waals surface area contributed by atoms with Gasteiger partial charge in [-0.3, -0.25) is 9.69 Å². The van der Waals surface area contributed by atoms with Crippen LogP contribution in [-0.2, 0) is 19.4 Å². The lowest BCUT2D eigenvalue weighted by Gasteiger charge is -2.32. The molecular formula is C21H27BrF2N2O5S. The van der Waals surface area contributed by atoms with Crippen LogP contribution in [0.3, 0.4) is 0 Å². The zero-order valence-corrected chi connectivity index (χ0v) is 20.1. The number of carbonyl (C=O) groups excluding carboxylic acids is 2. The number of benzene rings is 1. The van der Waals surface area contributed by atoms with Crippen molar-refractivity contribution in [3.05, 3.63) is 35.4 Å². The van der Waals surface area contributed by atoms with Crippen molar-refractivity contribution < 1.29 is 31.5 Å². The number of ether oxygens (including phenoxy) is 1. The Bertz CT molecular complexity index is 954. The van der Waals surface area contributed by atoms with Gasteiger partial charge in [0.25, 0.3) is 0 Å². The molecule has 2 fully saturated rings.